The summed E-state index contributed by atoms with van der Waals surface area (Å²) in [6.07, 6.45) is 18.9. The molecule has 0 aliphatic heterocycles. The van der Waals surface area contributed by atoms with Crippen molar-refractivity contribution in [3.63, 3.8) is 0 Å². The van der Waals surface area contributed by atoms with Gasteiger partial charge in [0.1, 0.15) is 17.6 Å². The lowest BCUT2D eigenvalue weighted by Gasteiger charge is -2.13. The molecule has 0 heterocycles. The standard InChI is InChI=1S/C21H24N2O2/c1-3-19(25-21-9-5-7-18(23)12-15-21)13-10-16(2)24-20-8-4-6-17(22)11-14-20/h3,5-6,9-16,20H,7,22-23H2,1-2H3/b13-10-,19-3+. The summed E-state index contributed by atoms with van der Waals surface area (Å²) in [7, 11) is 0. The van der Waals surface area contributed by atoms with Gasteiger partial charge in [-0.2, -0.15) is 0 Å². The Labute approximate surface area is 149 Å². The van der Waals surface area contributed by atoms with Gasteiger partial charge in [0.15, 0.2) is 0 Å². The topological polar surface area (TPSA) is 70.5 Å². The van der Waals surface area contributed by atoms with E-state index in [9.17, 15) is 0 Å². The monoisotopic (exact) mass is 336 g/mol. The lowest BCUT2D eigenvalue weighted by Crippen LogP contribution is -2.14. The first kappa shape index (κ1) is 18.4. The number of nitrogens with two attached hydrogens (primary N) is 2. The van der Waals surface area contributed by atoms with E-state index < -0.39 is 0 Å². The SMILES string of the molecule is C/C=C(\C=C/C(C)OC1C#CC=C(N)C=C1)OC1=CC=C(N)CC=C1. The summed E-state index contributed by atoms with van der Waals surface area (Å²) in [5, 5.41) is 0. The van der Waals surface area contributed by atoms with Crippen LogP contribution in [0.2, 0.25) is 0 Å². The van der Waals surface area contributed by atoms with Crippen molar-refractivity contribution in [2.75, 3.05) is 0 Å². The number of allylic oxidation sites excluding steroid dienone is 8. The van der Waals surface area contributed by atoms with Crippen LogP contribution in [-0.4, -0.2) is 12.2 Å². The van der Waals surface area contributed by atoms with Crippen LogP contribution in [0.15, 0.2) is 83.7 Å². The highest BCUT2D eigenvalue weighted by Gasteiger charge is 2.07. The number of hydrogen-bond acceptors (Lipinski definition) is 4. The molecule has 0 spiro atoms. The van der Waals surface area contributed by atoms with E-state index in [4.69, 9.17) is 20.9 Å². The minimum atomic E-state index is -0.285. The Morgan fingerprint density at radius 3 is 2.96 bits per heavy atom. The fourth-order valence-electron chi connectivity index (χ4n) is 2.11. The van der Waals surface area contributed by atoms with Crippen LogP contribution in [0.3, 0.4) is 0 Å². The summed E-state index contributed by atoms with van der Waals surface area (Å²) in [6, 6.07) is 0. The number of ether oxygens (including phenoxy) is 2. The highest BCUT2D eigenvalue weighted by atomic mass is 16.5. The maximum absolute atomic E-state index is 5.87. The number of rotatable bonds is 6. The summed E-state index contributed by atoms with van der Waals surface area (Å²) >= 11 is 0. The first-order valence-electron chi connectivity index (χ1n) is 8.22. The van der Waals surface area contributed by atoms with Gasteiger partial charge in [-0.1, -0.05) is 24.0 Å². The van der Waals surface area contributed by atoms with Gasteiger partial charge in [-0.25, -0.2) is 0 Å². The molecule has 4 nitrogen and oxygen atoms in total. The quantitative estimate of drug-likeness (QED) is 0.443. The second kappa shape index (κ2) is 9.41. The third-order valence-corrected chi connectivity index (χ3v) is 3.44. The molecule has 0 aromatic carbocycles. The largest absolute Gasteiger partial charge is 0.458 e. The molecule has 2 aliphatic rings. The molecule has 0 amide bonds. The molecular formula is C21H24N2O2. The summed E-state index contributed by atoms with van der Waals surface area (Å²) < 4.78 is 11.7. The lowest BCUT2D eigenvalue weighted by atomic mass is 10.3. The molecule has 4 N–H and O–H groups in total. The normalized spacial score (nSPS) is 21.4. The van der Waals surface area contributed by atoms with E-state index in [2.05, 4.69) is 11.8 Å². The van der Waals surface area contributed by atoms with Crippen molar-refractivity contribution in [1.29, 1.82) is 0 Å². The first-order chi connectivity index (χ1) is 12.1. The molecular weight excluding hydrogens is 312 g/mol. The Morgan fingerprint density at radius 2 is 2.16 bits per heavy atom. The minimum Gasteiger partial charge on any atom is -0.458 e. The third kappa shape index (κ3) is 6.62. The molecule has 0 saturated heterocycles. The Kier molecular flexibility index (Phi) is 6.94. The first-order valence-corrected chi connectivity index (χ1v) is 8.22. The molecule has 4 heteroatoms. The maximum Gasteiger partial charge on any atom is 0.138 e. The molecule has 0 aromatic heterocycles. The van der Waals surface area contributed by atoms with E-state index >= 15 is 0 Å². The van der Waals surface area contributed by atoms with Crippen LogP contribution in [0.4, 0.5) is 0 Å². The van der Waals surface area contributed by atoms with Crippen molar-refractivity contribution >= 4 is 0 Å². The molecule has 130 valence electrons. The van der Waals surface area contributed by atoms with Crippen LogP contribution in [0, 0.1) is 11.8 Å². The minimum absolute atomic E-state index is 0.129. The van der Waals surface area contributed by atoms with Crippen LogP contribution in [0.5, 0.6) is 0 Å². The van der Waals surface area contributed by atoms with E-state index in [1.165, 1.54) is 0 Å². The summed E-state index contributed by atoms with van der Waals surface area (Å²) in [4.78, 5) is 0. The average molecular weight is 336 g/mol. The zero-order valence-corrected chi connectivity index (χ0v) is 14.6. The van der Waals surface area contributed by atoms with Crippen molar-refractivity contribution in [1.82, 2.24) is 0 Å². The van der Waals surface area contributed by atoms with Crippen molar-refractivity contribution < 1.29 is 9.47 Å². The highest BCUT2D eigenvalue weighted by molar-refractivity contribution is 5.34. The van der Waals surface area contributed by atoms with Crippen LogP contribution < -0.4 is 11.5 Å². The predicted octanol–water partition coefficient (Wildman–Crippen LogP) is 3.34. The average Bonchev–Trinajstić information content (AvgIpc) is 2.92. The Balaban J connectivity index is 1.92. The molecule has 2 aliphatic carbocycles. The van der Waals surface area contributed by atoms with Gasteiger partial charge >= 0.3 is 0 Å². The van der Waals surface area contributed by atoms with Gasteiger partial charge in [-0.05, 0) is 56.4 Å². The van der Waals surface area contributed by atoms with E-state index in [-0.39, 0.29) is 12.2 Å². The van der Waals surface area contributed by atoms with Gasteiger partial charge < -0.3 is 20.9 Å². The molecule has 0 aromatic rings. The van der Waals surface area contributed by atoms with Crippen LogP contribution in [0.1, 0.15) is 20.3 Å². The van der Waals surface area contributed by atoms with Crippen molar-refractivity contribution in [3.05, 3.63) is 83.7 Å². The fourth-order valence-corrected chi connectivity index (χ4v) is 2.11. The Hall–Kier alpha value is -2.90. The second-order valence-corrected chi connectivity index (χ2v) is 5.62. The zero-order chi connectivity index (χ0) is 18.1. The summed E-state index contributed by atoms with van der Waals surface area (Å²) in [6.45, 7) is 3.87. The van der Waals surface area contributed by atoms with Crippen LogP contribution in [0.25, 0.3) is 0 Å². The van der Waals surface area contributed by atoms with E-state index in [1.54, 1.807) is 12.2 Å². The summed E-state index contributed by atoms with van der Waals surface area (Å²) in [5.41, 5.74) is 12.9. The van der Waals surface area contributed by atoms with Gasteiger partial charge in [0.05, 0.1) is 6.10 Å². The molecule has 0 saturated carbocycles. The second-order valence-electron chi connectivity index (χ2n) is 5.62. The predicted molar refractivity (Wildman–Crippen MR) is 102 cm³/mol. The Bertz CT molecular complexity index is 753. The molecule has 0 fully saturated rings. The fraction of sp³-hybridized carbons (Fsp3) is 0.238. The molecule has 0 bridgehead atoms. The molecule has 0 radical (unpaired) electrons. The van der Waals surface area contributed by atoms with Gasteiger partial charge in [0.2, 0.25) is 0 Å². The lowest BCUT2D eigenvalue weighted by molar-refractivity contribution is 0.0843. The maximum atomic E-state index is 5.87. The van der Waals surface area contributed by atoms with Gasteiger partial charge in [-0.15, -0.1) is 0 Å². The number of hydrogen-bond donors (Lipinski definition) is 2. The van der Waals surface area contributed by atoms with Crippen LogP contribution >= 0.6 is 0 Å². The van der Waals surface area contributed by atoms with Gasteiger partial charge in [0, 0.05) is 23.9 Å². The molecule has 2 atom stereocenters. The van der Waals surface area contributed by atoms with Gasteiger partial charge in [0.25, 0.3) is 0 Å². The van der Waals surface area contributed by atoms with E-state index in [1.807, 2.05) is 62.5 Å². The van der Waals surface area contributed by atoms with Crippen molar-refractivity contribution in [3.8, 4) is 11.8 Å². The highest BCUT2D eigenvalue weighted by Crippen LogP contribution is 2.15. The molecule has 2 unspecified atom stereocenters. The Morgan fingerprint density at radius 1 is 1.32 bits per heavy atom. The smallest absolute Gasteiger partial charge is 0.138 e. The van der Waals surface area contributed by atoms with Gasteiger partial charge in [-0.3, -0.25) is 0 Å². The van der Waals surface area contributed by atoms with Crippen molar-refractivity contribution in [2.24, 2.45) is 11.5 Å². The molecule has 2 rings (SSSR count). The zero-order valence-electron chi connectivity index (χ0n) is 14.6. The molecule has 25 heavy (non-hydrogen) atoms. The summed E-state index contributed by atoms with van der Waals surface area (Å²) in [5.74, 6) is 7.34. The third-order valence-electron chi connectivity index (χ3n) is 3.44. The van der Waals surface area contributed by atoms with E-state index in [0.717, 1.165) is 23.6 Å². The van der Waals surface area contributed by atoms with Crippen LogP contribution in [-0.2, 0) is 9.47 Å². The van der Waals surface area contributed by atoms with E-state index in [0.29, 0.717) is 5.70 Å². The van der Waals surface area contributed by atoms with Crippen molar-refractivity contribution in [2.45, 2.75) is 32.5 Å².